The third-order valence-electron chi connectivity index (χ3n) is 5.77. The molecule has 2 heterocycles. The number of aromatic nitrogens is 1. The van der Waals surface area contributed by atoms with Crippen molar-refractivity contribution in [3.8, 4) is 0 Å². The molecular weight excluding hydrogens is 480 g/mol. The Bertz CT molecular complexity index is 1210. The van der Waals surface area contributed by atoms with Crippen LogP contribution in [0, 0.1) is 0 Å². The molecule has 1 aromatic heterocycles. The quantitative estimate of drug-likeness (QED) is 0.287. The van der Waals surface area contributed by atoms with E-state index >= 15 is 0 Å². The number of ether oxygens (including phenoxy) is 1. The molecule has 4 rings (SSSR count). The Balaban J connectivity index is 1.44. The molecule has 0 fully saturated rings. The number of halogens is 1. The lowest BCUT2D eigenvalue weighted by Crippen LogP contribution is -2.38. The zero-order valence-corrected chi connectivity index (χ0v) is 21.8. The number of carbonyl (C=O) groups is 2. The van der Waals surface area contributed by atoms with Crippen molar-refractivity contribution in [2.24, 2.45) is 0 Å². The monoisotopic (exact) mass is 508 g/mol. The highest BCUT2D eigenvalue weighted by molar-refractivity contribution is 7.98. The largest absolute Gasteiger partial charge is 0.444 e. The lowest BCUT2D eigenvalue weighted by molar-refractivity contribution is 0.0258. The van der Waals surface area contributed by atoms with Gasteiger partial charge < -0.3 is 9.64 Å². The molecule has 0 atom stereocenters. The van der Waals surface area contributed by atoms with Gasteiger partial charge in [0, 0.05) is 47.3 Å². The minimum absolute atomic E-state index is 0.0386. The van der Waals surface area contributed by atoms with E-state index in [4.69, 9.17) is 16.3 Å². The van der Waals surface area contributed by atoms with Gasteiger partial charge in [0.2, 0.25) is 0 Å². The van der Waals surface area contributed by atoms with E-state index in [9.17, 15) is 9.59 Å². The van der Waals surface area contributed by atoms with E-state index < -0.39 is 5.60 Å². The molecule has 3 aromatic rings. The lowest BCUT2D eigenvalue weighted by atomic mass is 10.0. The molecule has 0 aliphatic carbocycles. The van der Waals surface area contributed by atoms with E-state index in [1.54, 1.807) is 41.2 Å². The molecule has 0 radical (unpaired) electrons. The first-order valence-electron chi connectivity index (χ1n) is 11.7. The average Bonchev–Trinajstić information content (AvgIpc) is 3.06. The summed E-state index contributed by atoms with van der Waals surface area (Å²) in [6.45, 7) is 6.87. The fourth-order valence-electron chi connectivity index (χ4n) is 4.00. The first-order chi connectivity index (χ1) is 16.7. The van der Waals surface area contributed by atoms with Gasteiger partial charge in [-0.1, -0.05) is 41.9 Å². The van der Waals surface area contributed by atoms with Crippen LogP contribution >= 0.6 is 23.4 Å². The van der Waals surface area contributed by atoms with Gasteiger partial charge in [0.05, 0.1) is 5.02 Å². The summed E-state index contributed by atoms with van der Waals surface area (Å²) in [6, 6.07) is 15.2. The van der Waals surface area contributed by atoms with Crippen molar-refractivity contribution in [1.29, 1.82) is 0 Å². The first kappa shape index (κ1) is 25.3. The molecule has 0 saturated heterocycles. The summed E-state index contributed by atoms with van der Waals surface area (Å²) < 4.78 is 5.57. The number of nitrogens with zero attached hydrogens (tertiary/aromatic N) is 2. The van der Waals surface area contributed by atoms with Gasteiger partial charge in [0.15, 0.2) is 5.78 Å². The SMILES string of the molecule is CC(C)(C)OC(=O)N1CCc2ccc(Cl)c(SCc3ccc(C(=O)c4cccnc4)cc3)c2CC1. The van der Waals surface area contributed by atoms with Crippen molar-refractivity contribution in [3.63, 3.8) is 0 Å². The molecular formula is C28H29ClN2O3S. The van der Waals surface area contributed by atoms with E-state index in [-0.39, 0.29) is 11.9 Å². The topological polar surface area (TPSA) is 59.5 Å². The minimum atomic E-state index is -0.515. The van der Waals surface area contributed by atoms with Gasteiger partial charge in [0.25, 0.3) is 0 Å². The summed E-state index contributed by atoms with van der Waals surface area (Å²) in [6.07, 6.45) is 4.47. The molecule has 0 saturated carbocycles. The summed E-state index contributed by atoms with van der Waals surface area (Å²) in [7, 11) is 0. The van der Waals surface area contributed by atoms with Crippen molar-refractivity contribution < 1.29 is 14.3 Å². The van der Waals surface area contributed by atoms with Crippen molar-refractivity contribution >= 4 is 35.2 Å². The number of benzene rings is 2. The van der Waals surface area contributed by atoms with Crippen LogP contribution < -0.4 is 0 Å². The smallest absolute Gasteiger partial charge is 0.410 e. The number of thioether (sulfide) groups is 1. The maximum atomic E-state index is 12.6. The first-order valence-corrected chi connectivity index (χ1v) is 13.0. The molecule has 5 nitrogen and oxygen atoms in total. The lowest BCUT2D eigenvalue weighted by Gasteiger charge is -2.26. The number of ketones is 1. The van der Waals surface area contributed by atoms with E-state index in [0.29, 0.717) is 24.2 Å². The molecule has 35 heavy (non-hydrogen) atoms. The van der Waals surface area contributed by atoms with Crippen LogP contribution in [0.4, 0.5) is 4.79 Å². The van der Waals surface area contributed by atoms with E-state index in [0.717, 1.165) is 34.1 Å². The number of hydrogen-bond donors (Lipinski definition) is 0. The predicted molar refractivity (Wildman–Crippen MR) is 140 cm³/mol. The van der Waals surface area contributed by atoms with Crippen LogP contribution in [-0.4, -0.2) is 40.5 Å². The normalized spacial score (nSPS) is 13.7. The van der Waals surface area contributed by atoms with Crippen LogP contribution in [0.25, 0.3) is 0 Å². The zero-order valence-electron chi connectivity index (χ0n) is 20.2. The van der Waals surface area contributed by atoms with Gasteiger partial charge in [-0.15, -0.1) is 11.8 Å². The van der Waals surface area contributed by atoms with Crippen LogP contribution in [0.3, 0.4) is 0 Å². The summed E-state index contributed by atoms with van der Waals surface area (Å²) in [5.74, 6) is 0.691. The van der Waals surface area contributed by atoms with Crippen LogP contribution in [0.1, 0.15) is 53.4 Å². The molecule has 0 unspecified atom stereocenters. The number of fused-ring (bicyclic) bond motifs is 1. The Morgan fingerprint density at radius 1 is 1.03 bits per heavy atom. The fourth-order valence-corrected chi connectivity index (χ4v) is 5.46. The maximum absolute atomic E-state index is 12.6. The molecule has 182 valence electrons. The van der Waals surface area contributed by atoms with E-state index in [2.05, 4.69) is 11.1 Å². The van der Waals surface area contributed by atoms with Crippen LogP contribution in [-0.2, 0) is 23.3 Å². The summed E-state index contributed by atoms with van der Waals surface area (Å²) in [5.41, 5.74) is 4.24. The Kier molecular flexibility index (Phi) is 7.82. The average molecular weight is 509 g/mol. The van der Waals surface area contributed by atoms with Gasteiger partial charge in [-0.25, -0.2) is 4.79 Å². The molecule has 7 heteroatoms. The van der Waals surface area contributed by atoms with Gasteiger partial charge in [-0.05, 0) is 68.5 Å². The second-order valence-corrected chi connectivity index (χ2v) is 10.9. The van der Waals surface area contributed by atoms with E-state index in [1.807, 2.05) is 51.1 Å². The standard InChI is InChI=1S/C28H29ClN2O3S/c1-28(2,3)34-27(33)31-15-12-20-10-11-24(29)26(23(20)13-16-31)35-18-19-6-8-21(9-7-19)25(32)22-5-4-14-30-17-22/h4-11,14,17H,12-13,15-16,18H2,1-3H3. The zero-order chi connectivity index (χ0) is 25.0. The highest BCUT2D eigenvalue weighted by Gasteiger charge is 2.25. The molecule has 0 spiro atoms. The van der Waals surface area contributed by atoms with Gasteiger partial charge in [-0.3, -0.25) is 9.78 Å². The van der Waals surface area contributed by atoms with Crippen molar-refractivity contribution in [2.75, 3.05) is 13.1 Å². The highest BCUT2D eigenvalue weighted by Crippen LogP contribution is 2.36. The summed E-state index contributed by atoms with van der Waals surface area (Å²) in [4.78, 5) is 32.1. The predicted octanol–water partition coefficient (Wildman–Crippen LogP) is 6.59. The third-order valence-corrected chi connectivity index (χ3v) is 7.43. The second kappa shape index (κ2) is 10.8. The molecule has 0 N–H and O–H groups in total. The van der Waals surface area contributed by atoms with Crippen molar-refractivity contribution in [3.05, 3.63) is 93.8 Å². The number of carbonyl (C=O) groups excluding carboxylic acids is 2. The third kappa shape index (κ3) is 6.44. The number of amides is 1. The molecule has 1 aliphatic heterocycles. The summed E-state index contributed by atoms with van der Waals surface area (Å²) >= 11 is 8.32. The Morgan fingerprint density at radius 2 is 1.77 bits per heavy atom. The Morgan fingerprint density at radius 3 is 2.46 bits per heavy atom. The molecule has 2 aromatic carbocycles. The fraction of sp³-hybridized carbons (Fsp3) is 0.321. The molecule has 0 bridgehead atoms. The second-order valence-electron chi connectivity index (χ2n) is 9.54. The minimum Gasteiger partial charge on any atom is -0.444 e. The molecule has 1 amide bonds. The maximum Gasteiger partial charge on any atom is 0.410 e. The number of pyridine rings is 1. The van der Waals surface area contributed by atoms with Gasteiger partial charge >= 0.3 is 6.09 Å². The van der Waals surface area contributed by atoms with Gasteiger partial charge in [-0.2, -0.15) is 0 Å². The van der Waals surface area contributed by atoms with Crippen LogP contribution in [0.15, 0.2) is 65.8 Å². The van der Waals surface area contributed by atoms with E-state index in [1.165, 1.54) is 11.1 Å². The summed E-state index contributed by atoms with van der Waals surface area (Å²) in [5, 5.41) is 0.725. The number of hydrogen-bond acceptors (Lipinski definition) is 5. The van der Waals surface area contributed by atoms with Crippen molar-refractivity contribution in [1.82, 2.24) is 9.88 Å². The van der Waals surface area contributed by atoms with Crippen molar-refractivity contribution in [2.45, 2.75) is 49.9 Å². The number of rotatable bonds is 5. The highest BCUT2D eigenvalue weighted by atomic mass is 35.5. The van der Waals surface area contributed by atoms with Crippen LogP contribution in [0.5, 0.6) is 0 Å². The Hall–Kier alpha value is -2.83. The molecule has 1 aliphatic rings. The Labute approximate surface area is 215 Å². The van der Waals surface area contributed by atoms with Crippen LogP contribution in [0.2, 0.25) is 5.02 Å². The van der Waals surface area contributed by atoms with Gasteiger partial charge in [0.1, 0.15) is 5.60 Å².